The molecule has 0 fully saturated rings. The van der Waals surface area contributed by atoms with Crippen LogP contribution in [-0.2, 0) is 6.54 Å². The number of phenols is 1. The summed E-state index contributed by atoms with van der Waals surface area (Å²) in [5, 5.41) is 13.4. The second-order valence-electron chi connectivity index (χ2n) is 4.83. The summed E-state index contributed by atoms with van der Waals surface area (Å²) in [5.74, 6) is 0.897. The fourth-order valence-electron chi connectivity index (χ4n) is 2.07. The van der Waals surface area contributed by atoms with Crippen molar-refractivity contribution >= 4 is 0 Å². The number of ether oxygens (including phenoxy) is 1. The summed E-state index contributed by atoms with van der Waals surface area (Å²) >= 11 is 0. The van der Waals surface area contributed by atoms with E-state index < -0.39 is 0 Å². The third-order valence-corrected chi connectivity index (χ3v) is 3.45. The molecule has 0 spiro atoms. The van der Waals surface area contributed by atoms with Crippen LogP contribution in [0.2, 0.25) is 0 Å². The van der Waals surface area contributed by atoms with Crippen molar-refractivity contribution in [2.45, 2.75) is 26.4 Å². The van der Waals surface area contributed by atoms with Gasteiger partial charge in [-0.2, -0.15) is 0 Å². The normalized spacial score (nSPS) is 12.2. The van der Waals surface area contributed by atoms with E-state index in [1.807, 2.05) is 31.3 Å². The Kier molecular flexibility index (Phi) is 4.58. The van der Waals surface area contributed by atoms with Crippen LogP contribution in [0.4, 0.5) is 0 Å². The Labute approximate surface area is 119 Å². The molecule has 0 amide bonds. The van der Waals surface area contributed by atoms with Gasteiger partial charge in [0.25, 0.3) is 0 Å². The first kappa shape index (κ1) is 14.3. The largest absolute Gasteiger partial charge is 0.507 e. The van der Waals surface area contributed by atoms with Crippen LogP contribution < -0.4 is 10.1 Å². The average Bonchev–Trinajstić information content (AvgIpc) is 2.46. The van der Waals surface area contributed by atoms with Crippen molar-refractivity contribution in [3.05, 3.63) is 53.3 Å². The predicted octanol–water partition coefficient (Wildman–Crippen LogP) is 2.96. The van der Waals surface area contributed by atoms with E-state index >= 15 is 0 Å². The molecule has 1 atom stereocenters. The van der Waals surface area contributed by atoms with Crippen LogP contribution in [-0.4, -0.2) is 17.2 Å². The van der Waals surface area contributed by atoms with Gasteiger partial charge in [-0.25, -0.2) is 0 Å². The van der Waals surface area contributed by atoms with Gasteiger partial charge in [0.05, 0.1) is 7.11 Å². The number of aromatic hydroxyl groups is 1. The van der Waals surface area contributed by atoms with Crippen molar-refractivity contribution in [1.82, 2.24) is 10.3 Å². The third kappa shape index (κ3) is 3.27. The van der Waals surface area contributed by atoms with Gasteiger partial charge in [0, 0.05) is 36.6 Å². The number of nitrogens with zero attached hydrogens (tertiary/aromatic N) is 1. The van der Waals surface area contributed by atoms with E-state index in [1.54, 1.807) is 19.4 Å². The van der Waals surface area contributed by atoms with Crippen molar-refractivity contribution in [1.29, 1.82) is 0 Å². The minimum absolute atomic E-state index is 0.0421. The van der Waals surface area contributed by atoms with Crippen molar-refractivity contribution in [3.8, 4) is 11.5 Å². The van der Waals surface area contributed by atoms with E-state index in [1.165, 1.54) is 5.56 Å². The van der Waals surface area contributed by atoms with E-state index in [2.05, 4.69) is 17.2 Å². The van der Waals surface area contributed by atoms with Gasteiger partial charge in [-0.1, -0.05) is 6.07 Å². The third-order valence-electron chi connectivity index (χ3n) is 3.45. The van der Waals surface area contributed by atoms with Crippen LogP contribution in [0.3, 0.4) is 0 Å². The number of rotatable bonds is 5. The van der Waals surface area contributed by atoms with E-state index in [9.17, 15) is 5.11 Å². The Morgan fingerprint density at radius 3 is 2.80 bits per heavy atom. The molecule has 106 valence electrons. The Balaban J connectivity index is 2.05. The maximum atomic E-state index is 10.0. The van der Waals surface area contributed by atoms with Crippen LogP contribution in [0.25, 0.3) is 0 Å². The number of aryl methyl sites for hydroxylation is 1. The number of hydrogen-bond donors (Lipinski definition) is 2. The van der Waals surface area contributed by atoms with Gasteiger partial charge in [-0.05, 0) is 37.1 Å². The highest BCUT2D eigenvalue weighted by Gasteiger charge is 2.11. The van der Waals surface area contributed by atoms with Crippen LogP contribution in [0.5, 0.6) is 11.5 Å². The zero-order valence-corrected chi connectivity index (χ0v) is 12.1. The highest BCUT2D eigenvalue weighted by atomic mass is 16.5. The molecular weight excluding hydrogens is 252 g/mol. The SMILES string of the molecule is COc1ccc(C(C)NCc2cnccc2C)c(O)c1. The molecule has 2 rings (SSSR count). The molecule has 20 heavy (non-hydrogen) atoms. The summed E-state index contributed by atoms with van der Waals surface area (Å²) in [4.78, 5) is 4.13. The zero-order chi connectivity index (χ0) is 14.5. The predicted molar refractivity (Wildman–Crippen MR) is 78.9 cm³/mol. The van der Waals surface area contributed by atoms with Crippen molar-refractivity contribution in [3.63, 3.8) is 0 Å². The first-order chi connectivity index (χ1) is 9.61. The standard InChI is InChI=1S/C16H20N2O2/c1-11-6-7-17-9-13(11)10-18-12(2)15-5-4-14(20-3)8-16(15)19/h4-9,12,18-19H,10H2,1-3H3. The molecule has 1 aromatic carbocycles. The Hall–Kier alpha value is -2.07. The van der Waals surface area contributed by atoms with Gasteiger partial charge in [-0.3, -0.25) is 4.98 Å². The van der Waals surface area contributed by atoms with Crippen molar-refractivity contribution in [2.24, 2.45) is 0 Å². The monoisotopic (exact) mass is 272 g/mol. The summed E-state index contributed by atoms with van der Waals surface area (Å²) in [6.45, 7) is 4.80. The van der Waals surface area contributed by atoms with Crippen LogP contribution >= 0.6 is 0 Å². The number of benzene rings is 1. The van der Waals surface area contributed by atoms with Gasteiger partial charge in [0.15, 0.2) is 0 Å². The summed E-state index contributed by atoms with van der Waals surface area (Å²) in [6, 6.07) is 7.39. The van der Waals surface area contributed by atoms with Gasteiger partial charge in [0.1, 0.15) is 11.5 Å². The van der Waals surface area contributed by atoms with Gasteiger partial charge < -0.3 is 15.2 Å². The van der Waals surface area contributed by atoms with Gasteiger partial charge >= 0.3 is 0 Å². The number of pyridine rings is 1. The molecule has 0 saturated carbocycles. The summed E-state index contributed by atoms with van der Waals surface area (Å²) < 4.78 is 5.09. The summed E-state index contributed by atoms with van der Waals surface area (Å²) in [6.07, 6.45) is 3.65. The highest BCUT2D eigenvalue weighted by Crippen LogP contribution is 2.28. The lowest BCUT2D eigenvalue weighted by Gasteiger charge is -2.17. The smallest absolute Gasteiger partial charge is 0.124 e. The molecular formula is C16H20N2O2. The minimum atomic E-state index is 0.0421. The van der Waals surface area contributed by atoms with E-state index in [0.29, 0.717) is 12.3 Å². The molecule has 1 aromatic heterocycles. The molecule has 4 heteroatoms. The van der Waals surface area contributed by atoms with Crippen LogP contribution in [0.15, 0.2) is 36.7 Å². The highest BCUT2D eigenvalue weighted by molar-refractivity contribution is 5.41. The number of aromatic nitrogens is 1. The van der Waals surface area contributed by atoms with Crippen molar-refractivity contribution < 1.29 is 9.84 Å². The van der Waals surface area contributed by atoms with Crippen LogP contribution in [0.1, 0.15) is 29.7 Å². The number of hydrogen-bond acceptors (Lipinski definition) is 4. The lowest BCUT2D eigenvalue weighted by atomic mass is 10.1. The van der Waals surface area contributed by atoms with Crippen molar-refractivity contribution in [2.75, 3.05) is 7.11 Å². The number of nitrogens with one attached hydrogen (secondary N) is 1. The second kappa shape index (κ2) is 6.39. The van der Waals surface area contributed by atoms with Crippen LogP contribution in [0, 0.1) is 6.92 Å². The first-order valence-electron chi connectivity index (χ1n) is 6.61. The fourth-order valence-corrected chi connectivity index (χ4v) is 2.07. The molecule has 4 nitrogen and oxygen atoms in total. The second-order valence-corrected chi connectivity index (χ2v) is 4.83. The Morgan fingerprint density at radius 1 is 1.35 bits per heavy atom. The lowest BCUT2D eigenvalue weighted by Crippen LogP contribution is -2.18. The zero-order valence-electron chi connectivity index (χ0n) is 12.1. The molecule has 0 aliphatic heterocycles. The summed E-state index contributed by atoms with van der Waals surface area (Å²) in [7, 11) is 1.58. The molecule has 1 heterocycles. The molecule has 2 N–H and O–H groups in total. The molecule has 0 radical (unpaired) electrons. The van der Waals surface area contributed by atoms with Gasteiger partial charge in [-0.15, -0.1) is 0 Å². The first-order valence-corrected chi connectivity index (χ1v) is 6.61. The number of phenolic OH excluding ortho intramolecular Hbond substituents is 1. The molecule has 0 aliphatic rings. The summed E-state index contributed by atoms with van der Waals surface area (Å²) in [5.41, 5.74) is 3.22. The molecule has 0 aliphatic carbocycles. The molecule has 2 aromatic rings. The maximum absolute atomic E-state index is 10.0. The maximum Gasteiger partial charge on any atom is 0.124 e. The Morgan fingerprint density at radius 2 is 2.15 bits per heavy atom. The van der Waals surface area contributed by atoms with Gasteiger partial charge in [0.2, 0.25) is 0 Å². The van der Waals surface area contributed by atoms with E-state index in [4.69, 9.17) is 4.74 Å². The average molecular weight is 272 g/mol. The quantitative estimate of drug-likeness (QED) is 0.878. The lowest BCUT2D eigenvalue weighted by molar-refractivity contribution is 0.404. The van der Waals surface area contributed by atoms with E-state index in [-0.39, 0.29) is 11.8 Å². The Bertz CT molecular complexity index is 584. The van der Waals surface area contributed by atoms with E-state index in [0.717, 1.165) is 11.1 Å². The molecule has 1 unspecified atom stereocenters. The topological polar surface area (TPSA) is 54.4 Å². The minimum Gasteiger partial charge on any atom is -0.507 e. The molecule has 0 bridgehead atoms. The molecule has 0 saturated heterocycles. The number of methoxy groups -OCH3 is 1. The fraction of sp³-hybridized carbons (Fsp3) is 0.312.